The topological polar surface area (TPSA) is 75.6 Å². The van der Waals surface area contributed by atoms with E-state index >= 15 is 0 Å². The standard InChI is InChI=1S/C26H25N5O/c1-26(2,3)19-9-11-20(12-10-19)31-25(32)23-17(16-30-31)6-4-8-22(23)28-14-18-15-29-24-21(18)7-5-13-27-24/h4-13,15-16,28H,14H2,1-3H3,(H,27,29). The summed E-state index contributed by atoms with van der Waals surface area (Å²) in [7, 11) is 0. The molecule has 0 aliphatic heterocycles. The Hall–Kier alpha value is -3.93. The Bertz CT molecular complexity index is 1470. The number of nitrogens with one attached hydrogen (secondary N) is 2. The lowest BCUT2D eigenvalue weighted by Crippen LogP contribution is -2.22. The zero-order valence-electron chi connectivity index (χ0n) is 18.4. The fourth-order valence-electron chi connectivity index (χ4n) is 3.98. The summed E-state index contributed by atoms with van der Waals surface area (Å²) in [5, 5.41) is 10.4. The maximum absolute atomic E-state index is 13.4. The summed E-state index contributed by atoms with van der Waals surface area (Å²) in [6.45, 7) is 7.09. The van der Waals surface area contributed by atoms with Gasteiger partial charge in [0.1, 0.15) is 5.65 Å². The lowest BCUT2D eigenvalue weighted by Gasteiger charge is -2.19. The molecule has 0 bridgehead atoms. The van der Waals surface area contributed by atoms with Crippen molar-refractivity contribution in [1.29, 1.82) is 0 Å². The molecule has 6 nitrogen and oxygen atoms in total. The third-order valence-corrected chi connectivity index (χ3v) is 5.80. The van der Waals surface area contributed by atoms with Gasteiger partial charge in [-0.2, -0.15) is 9.78 Å². The smallest absolute Gasteiger partial charge is 0.281 e. The molecule has 5 rings (SSSR count). The van der Waals surface area contributed by atoms with Crippen molar-refractivity contribution in [2.75, 3.05) is 5.32 Å². The molecule has 0 saturated heterocycles. The Balaban J connectivity index is 1.52. The Labute approximate surface area is 185 Å². The first-order valence-corrected chi connectivity index (χ1v) is 10.7. The molecule has 0 radical (unpaired) electrons. The molecule has 0 saturated carbocycles. The molecule has 3 aromatic heterocycles. The molecule has 3 heterocycles. The van der Waals surface area contributed by atoms with Crippen LogP contribution in [0.15, 0.2) is 78.0 Å². The monoisotopic (exact) mass is 423 g/mol. The predicted octanol–water partition coefficient (Wildman–Crippen LogP) is 5.17. The van der Waals surface area contributed by atoms with E-state index in [-0.39, 0.29) is 11.0 Å². The molecule has 0 unspecified atom stereocenters. The van der Waals surface area contributed by atoms with Crippen LogP contribution in [0.3, 0.4) is 0 Å². The van der Waals surface area contributed by atoms with E-state index < -0.39 is 0 Å². The summed E-state index contributed by atoms with van der Waals surface area (Å²) < 4.78 is 1.47. The van der Waals surface area contributed by atoms with Gasteiger partial charge in [-0.3, -0.25) is 4.79 Å². The zero-order valence-corrected chi connectivity index (χ0v) is 18.4. The number of pyridine rings is 1. The largest absolute Gasteiger partial charge is 0.380 e. The molecule has 0 amide bonds. The maximum Gasteiger partial charge on any atom is 0.281 e. The molecule has 5 aromatic rings. The lowest BCUT2D eigenvalue weighted by molar-refractivity contribution is 0.590. The minimum atomic E-state index is -0.144. The zero-order chi connectivity index (χ0) is 22.3. The van der Waals surface area contributed by atoms with Crippen molar-refractivity contribution >= 4 is 27.5 Å². The van der Waals surface area contributed by atoms with Crippen LogP contribution in [0.5, 0.6) is 0 Å². The number of hydrogen-bond acceptors (Lipinski definition) is 4. The molecule has 32 heavy (non-hydrogen) atoms. The fourth-order valence-corrected chi connectivity index (χ4v) is 3.98. The molecule has 6 heteroatoms. The summed E-state index contributed by atoms with van der Waals surface area (Å²) in [5.74, 6) is 0. The summed E-state index contributed by atoms with van der Waals surface area (Å²) in [4.78, 5) is 21.0. The van der Waals surface area contributed by atoms with Gasteiger partial charge in [0.25, 0.3) is 5.56 Å². The van der Waals surface area contributed by atoms with E-state index in [1.165, 1.54) is 10.2 Å². The molecule has 160 valence electrons. The van der Waals surface area contributed by atoms with Gasteiger partial charge in [-0.25, -0.2) is 4.98 Å². The van der Waals surface area contributed by atoms with Crippen LogP contribution < -0.4 is 10.9 Å². The number of rotatable bonds is 4. The number of H-pyrrole nitrogens is 1. The second-order valence-corrected chi connectivity index (χ2v) is 9.00. The normalized spacial score (nSPS) is 11.8. The molecular weight excluding hydrogens is 398 g/mol. The van der Waals surface area contributed by atoms with Crippen LogP contribution in [0.25, 0.3) is 27.5 Å². The number of anilines is 1. The van der Waals surface area contributed by atoms with Gasteiger partial charge in [0.2, 0.25) is 0 Å². The highest BCUT2D eigenvalue weighted by Crippen LogP contribution is 2.24. The molecule has 0 aliphatic carbocycles. The molecule has 0 fully saturated rings. The van der Waals surface area contributed by atoms with Crippen LogP contribution >= 0.6 is 0 Å². The van der Waals surface area contributed by atoms with E-state index in [4.69, 9.17) is 0 Å². The van der Waals surface area contributed by atoms with Crippen molar-refractivity contribution in [3.05, 3.63) is 94.7 Å². The fraction of sp³-hybridized carbons (Fsp3) is 0.192. The second-order valence-electron chi connectivity index (χ2n) is 9.00. The molecule has 2 N–H and O–H groups in total. The van der Waals surface area contributed by atoms with Crippen LogP contribution in [0.2, 0.25) is 0 Å². The summed E-state index contributed by atoms with van der Waals surface area (Å²) >= 11 is 0. The third-order valence-electron chi connectivity index (χ3n) is 5.80. The minimum Gasteiger partial charge on any atom is -0.380 e. The van der Waals surface area contributed by atoms with Gasteiger partial charge in [-0.05, 0) is 46.9 Å². The first kappa shape index (κ1) is 20.0. The maximum atomic E-state index is 13.4. The summed E-state index contributed by atoms with van der Waals surface area (Å²) in [6, 6.07) is 17.8. The van der Waals surface area contributed by atoms with Gasteiger partial charge >= 0.3 is 0 Å². The Kier molecular flexibility index (Phi) is 4.78. The van der Waals surface area contributed by atoms with Gasteiger partial charge in [0.05, 0.1) is 17.3 Å². The Morgan fingerprint density at radius 3 is 2.62 bits per heavy atom. The number of fused-ring (bicyclic) bond motifs is 2. The van der Waals surface area contributed by atoms with E-state index in [0.29, 0.717) is 11.9 Å². The van der Waals surface area contributed by atoms with E-state index in [9.17, 15) is 4.79 Å². The number of aromatic amines is 1. The molecule has 0 spiro atoms. The minimum absolute atomic E-state index is 0.0509. The van der Waals surface area contributed by atoms with Crippen LogP contribution in [0, 0.1) is 0 Å². The van der Waals surface area contributed by atoms with Gasteiger partial charge in [0.15, 0.2) is 0 Å². The first-order chi connectivity index (χ1) is 15.4. The second kappa shape index (κ2) is 7.64. The number of aromatic nitrogens is 4. The van der Waals surface area contributed by atoms with Crippen molar-refractivity contribution in [3.8, 4) is 5.69 Å². The van der Waals surface area contributed by atoms with Crippen molar-refractivity contribution in [3.63, 3.8) is 0 Å². The van der Waals surface area contributed by atoms with E-state index in [1.807, 2.05) is 48.7 Å². The van der Waals surface area contributed by atoms with Crippen LogP contribution in [-0.2, 0) is 12.0 Å². The molecule has 0 aliphatic rings. The number of benzene rings is 2. The van der Waals surface area contributed by atoms with E-state index in [1.54, 1.807) is 12.4 Å². The number of nitrogens with zero attached hydrogens (tertiary/aromatic N) is 3. The van der Waals surface area contributed by atoms with Crippen LogP contribution in [0.1, 0.15) is 31.9 Å². The summed E-state index contributed by atoms with van der Waals surface area (Å²) in [6.07, 6.45) is 5.46. The van der Waals surface area contributed by atoms with Gasteiger partial charge in [0, 0.05) is 35.4 Å². The van der Waals surface area contributed by atoms with Crippen LogP contribution in [0.4, 0.5) is 5.69 Å². The van der Waals surface area contributed by atoms with Crippen molar-refractivity contribution in [2.24, 2.45) is 0 Å². The quantitative estimate of drug-likeness (QED) is 0.418. The third kappa shape index (κ3) is 3.54. The highest BCUT2D eigenvalue weighted by molar-refractivity contribution is 5.93. The highest BCUT2D eigenvalue weighted by Gasteiger charge is 2.15. The van der Waals surface area contributed by atoms with Crippen molar-refractivity contribution in [2.45, 2.75) is 32.7 Å². The van der Waals surface area contributed by atoms with Gasteiger partial charge in [-0.15, -0.1) is 0 Å². The first-order valence-electron chi connectivity index (χ1n) is 10.7. The van der Waals surface area contributed by atoms with E-state index in [2.05, 4.69) is 53.3 Å². The van der Waals surface area contributed by atoms with Crippen LogP contribution in [-0.4, -0.2) is 19.7 Å². The average Bonchev–Trinajstić information content (AvgIpc) is 3.20. The SMILES string of the molecule is CC(C)(C)c1ccc(-n2ncc3cccc(NCc4c[nH]c5ncccc45)c3c2=O)cc1. The predicted molar refractivity (Wildman–Crippen MR) is 129 cm³/mol. The molecular formula is C26H25N5O. The highest BCUT2D eigenvalue weighted by atomic mass is 16.1. The van der Waals surface area contributed by atoms with Gasteiger partial charge in [-0.1, -0.05) is 45.0 Å². The molecule has 2 aromatic carbocycles. The van der Waals surface area contributed by atoms with Crippen molar-refractivity contribution < 1.29 is 0 Å². The average molecular weight is 424 g/mol. The lowest BCUT2D eigenvalue weighted by atomic mass is 9.87. The number of hydrogen-bond donors (Lipinski definition) is 2. The van der Waals surface area contributed by atoms with E-state index in [0.717, 1.165) is 33.4 Å². The Morgan fingerprint density at radius 2 is 1.84 bits per heavy atom. The molecule has 0 atom stereocenters. The van der Waals surface area contributed by atoms with Gasteiger partial charge < -0.3 is 10.3 Å². The summed E-state index contributed by atoms with van der Waals surface area (Å²) in [5.41, 5.74) is 4.61. The van der Waals surface area contributed by atoms with Crippen molar-refractivity contribution in [1.82, 2.24) is 19.7 Å². The Morgan fingerprint density at radius 1 is 1.03 bits per heavy atom.